The van der Waals surface area contributed by atoms with Crippen molar-refractivity contribution >= 4 is 34.7 Å². The van der Waals surface area contributed by atoms with Crippen LogP contribution in [0.1, 0.15) is 18.2 Å². The van der Waals surface area contributed by atoms with Crippen LogP contribution in [-0.4, -0.2) is 57.5 Å². The van der Waals surface area contributed by atoms with Crippen molar-refractivity contribution in [2.24, 2.45) is 0 Å². The van der Waals surface area contributed by atoms with Gasteiger partial charge in [0.05, 0.1) is 36.5 Å². The topological polar surface area (TPSA) is 96.3 Å². The van der Waals surface area contributed by atoms with Crippen molar-refractivity contribution in [1.29, 1.82) is 0 Å². The molecule has 0 aliphatic carbocycles. The lowest BCUT2D eigenvalue weighted by Gasteiger charge is -2.40. The van der Waals surface area contributed by atoms with Gasteiger partial charge in [-0.1, -0.05) is 11.6 Å². The number of aromatic amines is 1. The van der Waals surface area contributed by atoms with Crippen molar-refractivity contribution in [3.8, 4) is 0 Å². The van der Waals surface area contributed by atoms with Crippen molar-refractivity contribution in [3.05, 3.63) is 66.7 Å². The van der Waals surface area contributed by atoms with Gasteiger partial charge in [-0.25, -0.2) is 4.98 Å². The number of morpholine rings is 1. The third-order valence-electron chi connectivity index (χ3n) is 5.82. The summed E-state index contributed by atoms with van der Waals surface area (Å²) in [5.74, 6) is 0.429. The molecule has 1 saturated heterocycles. The molecule has 2 aliphatic rings. The minimum Gasteiger partial charge on any atom is -0.377 e. The maximum absolute atomic E-state index is 13.8. The maximum Gasteiger partial charge on any atom is 0.408 e. The van der Waals surface area contributed by atoms with Crippen LogP contribution in [0, 0.1) is 0 Å². The smallest absolute Gasteiger partial charge is 0.377 e. The summed E-state index contributed by atoms with van der Waals surface area (Å²) < 4.78 is 48.7. The number of ether oxygens (including phenoxy) is 1. The number of alkyl halides is 3. The third kappa shape index (κ3) is 6.08. The number of anilines is 2. The molecule has 1 N–H and O–H groups in total. The quantitative estimate of drug-likeness (QED) is 0.540. The van der Waals surface area contributed by atoms with E-state index in [4.69, 9.17) is 16.3 Å². The normalized spacial score (nSPS) is 19.9. The SMILES string of the molecule is C[C@@H]1COCCN1c1cc(=O)n2c(n1)N(Cc1ccc(Cl)s1)[C@H](C(F)(F)F)CC2.O=c1ccnc[nH]1. The van der Waals surface area contributed by atoms with Crippen molar-refractivity contribution in [2.45, 2.75) is 44.7 Å². The van der Waals surface area contributed by atoms with Gasteiger partial charge in [0.1, 0.15) is 11.9 Å². The molecule has 9 nitrogen and oxygen atoms in total. The van der Waals surface area contributed by atoms with Gasteiger partial charge in [0.25, 0.3) is 11.1 Å². The summed E-state index contributed by atoms with van der Waals surface area (Å²) in [7, 11) is 0. The summed E-state index contributed by atoms with van der Waals surface area (Å²) >= 11 is 7.18. The molecule has 3 aromatic rings. The van der Waals surface area contributed by atoms with E-state index in [0.29, 0.717) is 34.8 Å². The van der Waals surface area contributed by atoms with Gasteiger partial charge in [0.15, 0.2) is 0 Å². The average Bonchev–Trinajstić information content (AvgIpc) is 3.24. The van der Waals surface area contributed by atoms with Gasteiger partial charge < -0.3 is 19.5 Å². The van der Waals surface area contributed by atoms with Crippen LogP contribution in [0.4, 0.5) is 24.9 Å². The number of rotatable bonds is 3. The Labute approximate surface area is 213 Å². The zero-order chi connectivity index (χ0) is 25.9. The minimum atomic E-state index is -4.44. The van der Waals surface area contributed by atoms with Crippen LogP contribution in [0.3, 0.4) is 0 Å². The third-order valence-corrected chi connectivity index (χ3v) is 7.04. The van der Waals surface area contributed by atoms with Crippen molar-refractivity contribution in [1.82, 2.24) is 19.5 Å². The number of thiophene rings is 1. The van der Waals surface area contributed by atoms with E-state index in [-0.39, 0.29) is 42.6 Å². The first-order valence-corrected chi connectivity index (χ1v) is 12.4. The second kappa shape index (κ2) is 11.0. The lowest BCUT2D eigenvalue weighted by Crippen LogP contribution is -2.52. The summed E-state index contributed by atoms with van der Waals surface area (Å²) in [5.41, 5.74) is -0.464. The van der Waals surface area contributed by atoms with Gasteiger partial charge in [-0.15, -0.1) is 11.3 Å². The maximum atomic E-state index is 13.8. The highest BCUT2D eigenvalue weighted by molar-refractivity contribution is 7.16. The van der Waals surface area contributed by atoms with Crippen LogP contribution < -0.4 is 20.9 Å². The number of aromatic nitrogens is 4. The van der Waals surface area contributed by atoms with E-state index in [9.17, 15) is 22.8 Å². The van der Waals surface area contributed by atoms with E-state index in [0.717, 1.165) is 0 Å². The number of halogens is 4. The molecule has 0 amide bonds. The highest BCUT2D eigenvalue weighted by atomic mass is 35.5. The van der Waals surface area contributed by atoms with E-state index in [2.05, 4.69) is 15.0 Å². The van der Waals surface area contributed by atoms with Crippen LogP contribution in [-0.2, 0) is 17.8 Å². The summed E-state index contributed by atoms with van der Waals surface area (Å²) in [6, 6.07) is 4.38. The Morgan fingerprint density at radius 2 is 2.06 bits per heavy atom. The van der Waals surface area contributed by atoms with Crippen molar-refractivity contribution < 1.29 is 17.9 Å². The molecule has 0 saturated carbocycles. The standard InChI is InChI=1S/C18H20ClF3N4O2S.C4H4N2O/c1-11-10-28-7-6-24(11)15-8-16(27)25-5-4-13(18(20,21)22)26(17(25)23-15)9-12-2-3-14(19)29-12;7-4-1-2-5-3-6-4/h2-3,8,11,13H,4-7,9-10H2,1H3;1-3H,(H,5,6,7)/t11-,13+;/m1./s1. The Bertz CT molecular complexity index is 1280. The summed E-state index contributed by atoms with van der Waals surface area (Å²) in [5, 5.41) is 0. The van der Waals surface area contributed by atoms with Crippen LogP contribution in [0.2, 0.25) is 4.34 Å². The molecule has 0 unspecified atom stereocenters. The second-order valence-electron chi connectivity index (χ2n) is 8.30. The Balaban J connectivity index is 0.000000375. The molecule has 0 spiro atoms. The first-order chi connectivity index (χ1) is 17.1. The molecular formula is C22H24ClF3N6O3S. The lowest BCUT2D eigenvalue weighted by atomic mass is 10.1. The van der Waals surface area contributed by atoms with Gasteiger partial charge in [0.2, 0.25) is 5.95 Å². The summed E-state index contributed by atoms with van der Waals surface area (Å²) in [6.07, 6.45) is -1.85. The molecule has 194 valence electrons. The van der Waals surface area contributed by atoms with Gasteiger partial charge in [-0.2, -0.15) is 18.2 Å². The molecule has 3 aromatic heterocycles. The number of H-pyrrole nitrogens is 1. The number of nitrogens with one attached hydrogen (secondary N) is 1. The van der Waals surface area contributed by atoms with Crippen LogP contribution in [0.5, 0.6) is 0 Å². The Kier molecular flexibility index (Phi) is 8.00. The van der Waals surface area contributed by atoms with Crippen LogP contribution in [0.15, 0.2) is 46.4 Å². The van der Waals surface area contributed by atoms with E-state index in [1.165, 1.54) is 45.5 Å². The predicted molar refractivity (Wildman–Crippen MR) is 131 cm³/mol. The fourth-order valence-corrected chi connectivity index (χ4v) is 5.19. The van der Waals surface area contributed by atoms with Crippen LogP contribution in [0.25, 0.3) is 0 Å². The highest BCUT2D eigenvalue weighted by Crippen LogP contribution is 2.36. The van der Waals surface area contributed by atoms with Gasteiger partial charge >= 0.3 is 6.18 Å². The van der Waals surface area contributed by atoms with E-state index in [1.807, 2.05) is 11.8 Å². The van der Waals surface area contributed by atoms with Crippen molar-refractivity contribution in [3.63, 3.8) is 0 Å². The molecule has 5 rings (SSSR count). The number of nitrogens with zero attached hydrogens (tertiary/aromatic N) is 5. The first kappa shape index (κ1) is 26.2. The molecule has 0 aromatic carbocycles. The monoisotopic (exact) mass is 544 g/mol. The van der Waals surface area contributed by atoms with Crippen LogP contribution >= 0.6 is 22.9 Å². The first-order valence-electron chi connectivity index (χ1n) is 11.2. The number of hydrogen-bond acceptors (Lipinski definition) is 8. The largest absolute Gasteiger partial charge is 0.408 e. The second-order valence-corrected chi connectivity index (χ2v) is 10.1. The Morgan fingerprint density at radius 1 is 1.25 bits per heavy atom. The average molecular weight is 545 g/mol. The number of hydrogen-bond donors (Lipinski definition) is 1. The van der Waals surface area contributed by atoms with Gasteiger partial charge in [-0.05, 0) is 25.5 Å². The molecular weight excluding hydrogens is 521 g/mol. The van der Waals surface area contributed by atoms with Gasteiger partial charge in [0, 0.05) is 36.3 Å². The van der Waals surface area contributed by atoms with Gasteiger partial charge in [-0.3, -0.25) is 14.2 Å². The zero-order valence-corrected chi connectivity index (χ0v) is 20.8. The molecule has 0 bridgehead atoms. The Hall–Kier alpha value is -2.90. The van der Waals surface area contributed by atoms with E-state index >= 15 is 0 Å². The molecule has 36 heavy (non-hydrogen) atoms. The zero-order valence-electron chi connectivity index (χ0n) is 19.2. The lowest BCUT2D eigenvalue weighted by molar-refractivity contribution is -0.153. The fraction of sp³-hybridized carbons (Fsp3) is 0.455. The van der Waals surface area contributed by atoms with Crippen molar-refractivity contribution in [2.75, 3.05) is 29.6 Å². The molecule has 2 atom stereocenters. The summed E-state index contributed by atoms with van der Waals surface area (Å²) in [6.45, 7) is 3.37. The summed E-state index contributed by atoms with van der Waals surface area (Å²) in [4.78, 5) is 37.2. The molecule has 5 heterocycles. The Morgan fingerprint density at radius 3 is 2.64 bits per heavy atom. The molecule has 2 aliphatic heterocycles. The highest BCUT2D eigenvalue weighted by Gasteiger charge is 2.47. The predicted octanol–water partition coefficient (Wildman–Crippen LogP) is 3.29. The van der Waals surface area contributed by atoms with E-state index in [1.54, 1.807) is 12.1 Å². The molecule has 14 heteroatoms. The molecule has 1 fully saturated rings. The molecule has 0 radical (unpaired) electrons. The van der Waals surface area contributed by atoms with E-state index < -0.39 is 12.2 Å². The minimum absolute atomic E-state index is 0.0177. The number of fused-ring (bicyclic) bond motifs is 1. The fourth-order valence-electron chi connectivity index (χ4n) is 4.10.